The first-order valence-corrected chi connectivity index (χ1v) is 18.3. The van der Waals surface area contributed by atoms with Crippen molar-refractivity contribution in [3.63, 3.8) is 0 Å². The van der Waals surface area contributed by atoms with E-state index in [2.05, 4.69) is 32.9 Å². The maximum Gasteiger partial charge on any atom is 0.316 e. The van der Waals surface area contributed by atoms with Gasteiger partial charge in [0.05, 0.1) is 24.7 Å². The first kappa shape index (κ1) is 37.9. The predicted molar refractivity (Wildman–Crippen MR) is 183 cm³/mol. The van der Waals surface area contributed by atoms with E-state index >= 15 is 0 Å². The van der Waals surface area contributed by atoms with Crippen molar-refractivity contribution in [2.24, 2.45) is 23.7 Å². The SMILES string of the molecule is CCCC[C@@H](C)C(=O)O[C@H]1[C@H](C)[C@@H](C)O[C@@]2(C[C@@H]3C[C@H](C/C=C(\C)C[C@@H](C)/C=C/C=C4\CO[C@@H]5[C@@H](OC)C(C)=C[C@H](C(=O)O3)[C@@]45O)O2)[C@H]1O. The van der Waals surface area contributed by atoms with Gasteiger partial charge in [0.2, 0.25) is 5.79 Å². The highest BCUT2D eigenvalue weighted by atomic mass is 16.7. The lowest BCUT2D eigenvalue weighted by Gasteiger charge is -2.53. The fourth-order valence-electron chi connectivity index (χ4n) is 8.27. The Morgan fingerprint density at radius 3 is 2.63 bits per heavy atom. The topological polar surface area (TPSA) is 130 Å². The van der Waals surface area contributed by atoms with Gasteiger partial charge in [0.25, 0.3) is 0 Å². The first-order chi connectivity index (χ1) is 23.2. The smallest absolute Gasteiger partial charge is 0.316 e. The molecule has 0 saturated carbocycles. The van der Waals surface area contributed by atoms with E-state index in [0.29, 0.717) is 24.8 Å². The van der Waals surface area contributed by atoms with Gasteiger partial charge in [-0.1, -0.05) is 76.5 Å². The van der Waals surface area contributed by atoms with E-state index < -0.39 is 66.0 Å². The summed E-state index contributed by atoms with van der Waals surface area (Å²) in [5.41, 5.74) is 0.847. The summed E-state index contributed by atoms with van der Waals surface area (Å²) < 4.78 is 37.4. The van der Waals surface area contributed by atoms with Gasteiger partial charge in [-0.2, -0.15) is 0 Å². The Kier molecular flexibility index (Phi) is 12.0. The zero-order valence-electron chi connectivity index (χ0n) is 30.6. The number of aliphatic hydroxyl groups is 2. The Labute approximate surface area is 291 Å². The van der Waals surface area contributed by atoms with E-state index in [1.807, 2.05) is 39.8 Å². The third kappa shape index (κ3) is 7.65. The van der Waals surface area contributed by atoms with Crippen LogP contribution in [0.5, 0.6) is 0 Å². The number of rotatable bonds is 6. The molecule has 0 aromatic carbocycles. The fourth-order valence-corrected chi connectivity index (χ4v) is 8.27. The van der Waals surface area contributed by atoms with Crippen LogP contribution in [0, 0.1) is 23.7 Å². The summed E-state index contributed by atoms with van der Waals surface area (Å²) >= 11 is 0. The Morgan fingerprint density at radius 1 is 1.16 bits per heavy atom. The number of ether oxygens (including phenoxy) is 6. The summed E-state index contributed by atoms with van der Waals surface area (Å²) in [5, 5.41) is 24.4. The largest absolute Gasteiger partial charge is 0.462 e. The zero-order chi connectivity index (χ0) is 35.7. The second-order valence-corrected chi connectivity index (χ2v) is 15.3. The summed E-state index contributed by atoms with van der Waals surface area (Å²) in [4.78, 5) is 27.5. The van der Waals surface area contributed by atoms with Crippen molar-refractivity contribution >= 4 is 11.9 Å². The van der Waals surface area contributed by atoms with Crippen LogP contribution in [-0.2, 0) is 38.0 Å². The third-order valence-corrected chi connectivity index (χ3v) is 11.4. The molecule has 1 spiro atoms. The van der Waals surface area contributed by atoms with Gasteiger partial charge < -0.3 is 38.6 Å². The van der Waals surface area contributed by atoms with Crippen molar-refractivity contribution in [3.05, 3.63) is 47.1 Å². The van der Waals surface area contributed by atoms with Gasteiger partial charge in [-0.15, -0.1) is 0 Å². The number of aliphatic hydroxyl groups excluding tert-OH is 1. The van der Waals surface area contributed by atoms with Gasteiger partial charge in [0.15, 0.2) is 0 Å². The van der Waals surface area contributed by atoms with Crippen molar-refractivity contribution < 1.29 is 48.2 Å². The molecule has 0 aromatic rings. The second kappa shape index (κ2) is 15.5. The molecule has 4 aliphatic heterocycles. The lowest BCUT2D eigenvalue weighted by atomic mass is 9.70. The molecule has 13 atom stereocenters. The molecule has 3 fully saturated rings. The first-order valence-electron chi connectivity index (χ1n) is 18.3. The fraction of sp³-hybridized carbons (Fsp3) is 0.744. The summed E-state index contributed by atoms with van der Waals surface area (Å²) in [6, 6.07) is 0. The number of methoxy groups -OCH3 is 1. The van der Waals surface area contributed by atoms with Crippen LogP contribution in [0.3, 0.4) is 0 Å². The molecule has 2 N–H and O–H groups in total. The Hall–Kier alpha value is -2.34. The molecule has 4 heterocycles. The van der Waals surface area contributed by atoms with E-state index in [1.54, 1.807) is 13.2 Å². The number of fused-ring (bicyclic) bond motifs is 2. The predicted octanol–water partition coefficient (Wildman–Crippen LogP) is 5.51. The van der Waals surface area contributed by atoms with Gasteiger partial charge in [0, 0.05) is 25.9 Å². The molecule has 0 aromatic heterocycles. The summed E-state index contributed by atoms with van der Waals surface area (Å²) in [5.74, 6) is -4.00. The molecule has 1 aliphatic carbocycles. The molecule has 0 amide bonds. The van der Waals surface area contributed by atoms with Crippen LogP contribution in [0.1, 0.15) is 93.4 Å². The number of esters is 2. The minimum Gasteiger partial charge on any atom is -0.462 e. The molecule has 10 heteroatoms. The maximum absolute atomic E-state index is 14.3. The zero-order valence-corrected chi connectivity index (χ0v) is 30.6. The highest BCUT2D eigenvalue weighted by Crippen LogP contribution is 2.48. The average molecular weight is 687 g/mol. The van der Waals surface area contributed by atoms with Gasteiger partial charge in [0.1, 0.15) is 42.0 Å². The molecular weight excluding hydrogens is 628 g/mol. The number of allylic oxidation sites excluding steroid dienone is 4. The summed E-state index contributed by atoms with van der Waals surface area (Å²) in [7, 11) is 1.57. The van der Waals surface area contributed by atoms with Gasteiger partial charge in [-0.05, 0) is 57.1 Å². The maximum atomic E-state index is 14.3. The second-order valence-electron chi connectivity index (χ2n) is 15.3. The lowest BCUT2D eigenvalue weighted by molar-refractivity contribution is -0.383. The number of carbonyl (C=O) groups is 2. The lowest BCUT2D eigenvalue weighted by Crippen LogP contribution is -2.67. The monoisotopic (exact) mass is 686 g/mol. The Balaban J connectivity index is 1.50. The molecule has 0 unspecified atom stereocenters. The average Bonchev–Trinajstić information content (AvgIpc) is 3.39. The van der Waals surface area contributed by atoms with Crippen LogP contribution in [0.25, 0.3) is 0 Å². The molecule has 274 valence electrons. The van der Waals surface area contributed by atoms with Crippen LogP contribution in [0.15, 0.2) is 47.1 Å². The van der Waals surface area contributed by atoms with E-state index in [0.717, 1.165) is 24.8 Å². The van der Waals surface area contributed by atoms with Crippen LogP contribution < -0.4 is 0 Å². The Morgan fingerprint density at radius 2 is 1.92 bits per heavy atom. The van der Waals surface area contributed by atoms with Gasteiger partial charge >= 0.3 is 11.9 Å². The van der Waals surface area contributed by atoms with Gasteiger partial charge in [-0.25, -0.2) is 0 Å². The van der Waals surface area contributed by atoms with Crippen molar-refractivity contribution in [2.45, 2.75) is 148 Å². The number of hydrogen-bond donors (Lipinski definition) is 2. The van der Waals surface area contributed by atoms with E-state index in [9.17, 15) is 19.8 Å². The van der Waals surface area contributed by atoms with Crippen molar-refractivity contribution in [1.82, 2.24) is 0 Å². The highest BCUT2D eigenvalue weighted by Gasteiger charge is 2.62. The summed E-state index contributed by atoms with van der Waals surface area (Å²) in [6.07, 6.45) is 8.91. The number of unbranched alkanes of at least 4 members (excludes halogenated alkanes) is 1. The van der Waals surface area contributed by atoms with Crippen molar-refractivity contribution in [1.29, 1.82) is 0 Å². The molecular formula is C39H58O10. The number of hydrogen-bond acceptors (Lipinski definition) is 10. The van der Waals surface area contributed by atoms with Gasteiger partial charge in [-0.3, -0.25) is 9.59 Å². The van der Waals surface area contributed by atoms with Crippen molar-refractivity contribution in [2.75, 3.05) is 13.7 Å². The van der Waals surface area contributed by atoms with Crippen molar-refractivity contribution in [3.8, 4) is 0 Å². The minimum atomic E-state index is -1.68. The standard InChI is InChI=1S/C39H58O10/c1-9-10-13-24(4)36(41)47-33-26(6)27(7)48-38(34(33)40)20-30-19-29(49-38)16-15-23(3)17-22(2)12-11-14-28-21-45-35-32(44-8)25(5)18-31(37(42)46-30)39(28,35)43/h11-12,14-15,18,22,24,26-27,29-35,40,43H,9-10,13,16-17,19-21H2,1-8H3/b12-11+,23-15+,28-14+/t22-,24+,26+,27+,29-,30-,31+,32-,33-,34-,35+,38+,39-/m0/s1. The quantitative estimate of drug-likeness (QED) is 0.273. The van der Waals surface area contributed by atoms with E-state index in [4.69, 9.17) is 28.4 Å². The third-order valence-electron chi connectivity index (χ3n) is 11.4. The van der Waals surface area contributed by atoms with Crippen LogP contribution in [0.2, 0.25) is 0 Å². The molecule has 10 nitrogen and oxygen atoms in total. The highest BCUT2D eigenvalue weighted by molar-refractivity contribution is 5.78. The molecule has 5 aliphatic rings. The normalized spacial score (nSPS) is 44.8. The minimum absolute atomic E-state index is 0.0343. The number of carbonyl (C=O) groups excluding carboxylic acids is 2. The molecule has 49 heavy (non-hydrogen) atoms. The molecule has 5 rings (SSSR count). The Bertz CT molecular complexity index is 1330. The summed E-state index contributed by atoms with van der Waals surface area (Å²) in [6.45, 7) is 13.9. The van der Waals surface area contributed by atoms with Crippen LogP contribution >= 0.6 is 0 Å². The van der Waals surface area contributed by atoms with Crippen LogP contribution in [-0.4, -0.2) is 90.0 Å². The van der Waals surface area contributed by atoms with E-state index in [-0.39, 0.29) is 36.8 Å². The molecule has 3 saturated heterocycles. The van der Waals surface area contributed by atoms with Crippen LogP contribution in [0.4, 0.5) is 0 Å². The van der Waals surface area contributed by atoms with E-state index in [1.165, 1.54) is 5.57 Å². The molecule has 2 bridgehead atoms. The molecule has 0 radical (unpaired) electrons.